The maximum Gasteiger partial charge on any atom is 0.162 e. The third-order valence-electron chi connectivity index (χ3n) is 1.85. The van der Waals surface area contributed by atoms with Crippen LogP contribution in [0.1, 0.15) is 22.8 Å². The Balaban J connectivity index is 3.23. The zero-order chi connectivity index (χ0) is 11.4. The molecular formula is C11H9ClF2O. The zero-order valence-electron chi connectivity index (χ0n) is 8.06. The first-order valence-electron chi connectivity index (χ1n) is 4.28. The van der Waals surface area contributed by atoms with Crippen molar-refractivity contribution in [3.8, 4) is 0 Å². The average molecular weight is 231 g/mol. The molecule has 0 aromatic heterocycles. The average Bonchev–Trinajstić information content (AvgIpc) is 2.16. The molecule has 0 aliphatic rings. The Hall–Kier alpha value is -1.22. The monoisotopic (exact) mass is 230 g/mol. The number of Topliss-reactive ketones (excluding diaryl/α,β-unsaturated/α-hetero) is 1. The van der Waals surface area contributed by atoms with E-state index in [1.165, 1.54) is 25.1 Å². The smallest absolute Gasteiger partial charge is 0.162 e. The van der Waals surface area contributed by atoms with Gasteiger partial charge in [0.2, 0.25) is 0 Å². The summed E-state index contributed by atoms with van der Waals surface area (Å²) in [6, 6.07) is 1.88. The molecule has 0 bridgehead atoms. The van der Waals surface area contributed by atoms with Crippen molar-refractivity contribution in [1.29, 1.82) is 0 Å². The lowest BCUT2D eigenvalue weighted by atomic mass is 10.1. The molecule has 0 atom stereocenters. The number of halogens is 3. The summed E-state index contributed by atoms with van der Waals surface area (Å²) in [5.74, 6) is -1.76. The minimum atomic E-state index is -0.844. The van der Waals surface area contributed by atoms with Gasteiger partial charge in [0.1, 0.15) is 11.6 Å². The Morgan fingerprint density at radius 1 is 1.40 bits per heavy atom. The predicted molar refractivity (Wildman–Crippen MR) is 56.1 cm³/mol. The number of alkyl halides is 1. The van der Waals surface area contributed by atoms with Gasteiger partial charge in [0.25, 0.3) is 0 Å². The van der Waals surface area contributed by atoms with Crippen LogP contribution >= 0.6 is 11.6 Å². The number of ketones is 1. The molecule has 80 valence electrons. The Morgan fingerprint density at radius 2 is 2.07 bits per heavy atom. The normalized spacial score (nSPS) is 10.9. The molecular weight excluding hydrogens is 222 g/mol. The molecule has 0 aliphatic heterocycles. The van der Waals surface area contributed by atoms with Crippen LogP contribution in [-0.2, 0) is 0 Å². The van der Waals surface area contributed by atoms with Crippen LogP contribution in [0.15, 0.2) is 18.2 Å². The highest BCUT2D eigenvalue weighted by Crippen LogP contribution is 2.16. The lowest BCUT2D eigenvalue weighted by Crippen LogP contribution is -1.99. The van der Waals surface area contributed by atoms with Crippen LogP contribution in [0.2, 0.25) is 0 Å². The van der Waals surface area contributed by atoms with E-state index in [0.29, 0.717) is 6.07 Å². The van der Waals surface area contributed by atoms with Crippen LogP contribution in [-0.4, -0.2) is 11.7 Å². The first-order chi connectivity index (χ1) is 7.06. The molecule has 0 amide bonds. The molecule has 4 heteroatoms. The summed E-state index contributed by atoms with van der Waals surface area (Å²) in [6.07, 6.45) is 2.93. The van der Waals surface area contributed by atoms with Crippen LogP contribution < -0.4 is 0 Å². The van der Waals surface area contributed by atoms with Crippen molar-refractivity contribution in [2.45, 2.75) is 6.92 Å². The highest BCUT2D eigenvalue weighted by Gasteiger charge is 2.11. The summed E-state index contributed by atoms with van der Waals surface area (Å²) >= 11 is 5.39. The van der Waals surface area contributed by atoms with Gasteiger partial charge in [-0.15, -0.1) is 11.6 Å². The van der Waals surface area contributed by atoms with E-state index in [4.69, 9.17) is 11.6 Å². The van der Waals surface area contributed by atoms with Gasteiger partial charge >= 0.3 is 0 Å². The third-order valence-corrected chi connectivity index (χ3v) is 2.03. The van der Waals surface area contributed by atoms with Crippen molar-refractivity contribution in [3.63, 3.8) is 0 Å². The van der Waals surface area contributed by atoms with E-state index in [-0.39, 0.29) is 17.0 Å². The van der Waals surface area contributed by atoms with Crippen LogP contribution in [0.25, 0.3) is 6.08 Å². The second kappa shape index (κ2) is 5.03. The highest BCUT2D eigenvalue weighted by molar-refractivity contribution is 6.19. The first-order valence-corrected chi connectivity index (χ1v) is 4.82. The van der Waals surface area contributed by atoms with Crippen molar-refractivity contribution >= 4 is 23.5 Å². The maximum absolute atomic E-state index is 13.2. The summed E-state index contributed by atoms with van der Waals surface area (Å²) in [5, 5.41) is 0. The first kappa shape index (κ1) is 11.9. The molecule has 0 fully saturated rings. The quantitative estimate of drug-likeness (QED) is 0.574. The molecule has 0 radical (unpaired) electrons. The Kier molecular flexibility index (Phi) is 3.97. The minimum Gasteiger partial charge on any atom is -0.294 e. The van der Waals surface area contributed by atoms with Gasteiger partial charge in [-0.2, -0.15) is 0 Å². The van der Waals surface area contributed by atoms with E-state index >= 15 is 0 Å². The van der Waals surface area contributed by atoms with Gasteiger partial charge in [-0.1, -0.05) is 12.2 Å². The second-order valence-corrected chi connectivity index (χ2v) is 3.28. The molecule has 0 unspecified atom stereocenters. The fourth-order valence-corrected chi connectivity index (χ4v) is 1.22. The van der Waals surface area contributed by atoms with Crippen molar-refractivity contribution in [2.75, 3.05) is 5.88 Å². The van der Waals surface area contributed by atoms with Crippen molar-refractivity contribution in [2.24, 2.45) is 0 Å². The Bertz CT molecular complexity index is 413. The van der Waals surface area contributed by atoms with E-state index in [9.17, 15) is 13.6 Å². The maximum atomic E-state index is 13.2. The van der Waals surface area contributed by atoms with Crippen LogP contribution in [0.3, 0.4) is 0 Å². The molecule has 0 N–H and O–H groups in total. The largest absolute Gasteiger partial charge is 0.294 e. The molecule has 1 rings (SSSR count). The molecule has 1 aromatic rings. The topological polar surface area (TPSA) is 17.1 Å². The molecule has 0 heterocycles. The number of allylic oxidation sites excluding steroid dienone is 1. The molecule has 1 nitrogen and oxygen atoms in total. The number of carbonyl (C=O) groups is 1. The fraction of sp³-hybridized carbons (Fsp3) is 0.182. The lowest BCUT2D eigenvalue weighted by Gasteiger charge is -2.02. The Morgan fingerprint density at radius 3 is 2.60 bits per heavy atom. The SMILES string of the molecule is CC(=O)c1cc(C=CCCl)c(F)cc1F. The van der Waals surface area contributed by atoms with E-state index < -0.39 is 17.4 Å². The summed E-state index contributed by atoms with van der Waals surface area (Å²) in [7, 11) is 0. The number of rotatable bonds is 3. The standard InChI is InChI=1S/C11H9ClF2O/c1-7(15)9-5-8(3-2-4-12)10(13)6-11(9)14/h2-3,5-6H,4H2,1H3. The molecule has 15 heavy (non-hydrogen) atoms. The third kappa shape index (κ3) is 2.86. The van der Waals surface area contributed by atoms with Gasteiger partial charge in [-0.25, -0.2) is 8.78 Å². The molecule has 0 saturated carbocycles. The fourth-order valence-electron chi connectivity index (χ4n) is 1.13. The number of benzene rings is 1. The van der Waals surface area contributed by atoms with Crippen LogP contribution in [0, 0.1) is 11.6 Å². The van der Waals surface area contributed by atoms with Crippen LogP contribution in [0.4, 0.5) is 8.78 Å². The summed E-state index contributed by atoms with van der Waals surface area (Å²) < 4.78 is 26.3. The number of hydrogen-bond donors (Lipinski definition) is 0. The molecule has 0 aliphatic carbocycles. The van der Waals surface area contributed by atoms with Gasteiger partial charge in [0.15, 0.2) is 5.78 Å². The lowest BCUT2D eigenvalue weighted by molar-refractivity contribution is 0.101. The molecule has 0 spiro atoms. The van der Waals surface area contributed by atoms with Crippen molar-refractivity contribution < 1.29 is 13.6 Å². The van der Waals surface area contributed by atoms with Crippen molar-refractivity contribution in [3.05, 3.63) is 41.0 Å². The van der Waals surface area contributed by atoms with E-state index in [2.05, 4.69) is 0 Å². The second-order valence-electron chi connectivity index (χ2n) is 2.97. The van der Waals surface area contributed by atoms with Gasteiger partial charge in [-0.3, -0.25) is 4.79 Å². The van der Waals surface area contributed by atoms with E-state index in [0.717, 1.165) is 0 Å². The molecule has 1 aromatic carbocycles. The number of carbonyl (C=O) groups excluding carboxylic acids is 1. The van der Waals surface area contributed by atoms with E-state index in [1.54, 1.807) is 0 Å². The van der Waals surface area contributed by atoms with Crippen molar-refractivity contribution in [1.82, 2.24) is 0 Å². The number of hydrogen-bond acceptors (Lipinski definition) is 1. The van der Waals surface area contributed by atoms with E-state index in [1.807, 2.05) is 0 Å². The summed E-state index contributed by atoms with van der Waals surface area (Å²) in [5.41, 5.74) is 0.0351. The summed E-state index contributed by atoms with van der Waals surface area (Å²) in [4.78, 5) is 11.0. The molecule has 0 saturated heterocycles. The van der Waals surface area contributed by atoms with Crippen LogP contribution in [0.5, 0.6) is 0 Å². The van der Waals surface area contributed by atoms with Gasteiger partial charge in [-0.05, 0) is 13.0 Å². The van der Waals surface area contributed by atoms with Gasteiger partial charge < -0.3 is 0 Å². The summed E-state index contributed by atoms with van der Waals surface area (Å²) in [6.45, 7) is 1.23. The predicted octanol–water partition coefficient (Wildman–Crippen LogP) is 3.42. The van der Waals surface area contributed by atoms with Gasteiger partial charge in [0.05, 0.1) is 5.56 Å². The Labute approximate surface area is 91.4 Å². The van der Waals surface area contributed by atoms with Gasteiger partial charge in [0, 0.05) is 17.5 Å². The minimum absolute atomic E-state index is 0.120. The highest BCUT2D eigenvalue weighted by atomic mass is 35.5. The zero-order valence-corrected chi connectivity index (χ0v) is 8.81.